The van der Waals surface area contributed by atoms with E-state index in [1.807, 2.05) is 6.92 Å². The molecule has 0 fully saturated rings. The molecule has 0 saturated carbocycles. The number of benzene rings is 1. The number of hydrogen-bond acceptors (Lipinski definition) is 2. The molecule has 0 spiro atoms. The molecule has 1 aromatic rings. The maximum atomic E-state index is 13.2. The summed E-state index contributed by atoms with van der Waals surface area (Å²) in [5.74, 6) is -0.775. The van der Waals surface area contributed by atoms with Crippen LogP contribution in [0.15, 0.2) is 22.7 Å². The van der Waals surface area contributed by atoms with E-state index in [0.29, 0.717) is 6.54 Å². The predicted molar refractivity (Wildman–Crippen MR) is 64.7 cm³/mol. The minimum absolute atomic E-state index is 0.0729. The van der Waals surface area contributed by atoms with Crippen molar-refractivity contribution in [3.63, 3.8) is 0 Å². The highest BCUT2D eigenvalue weighted by molar-refractivity contribution is 9.10. The molecule has 1 atom stereocenters. The van der Waals surface area contributed by atoms with Gasteiger partial charge in [-0.2, -0.15) is 0 Å². The van der Waals surface area contributed by atoms with Crippen molar-refractivity contribution in [1.82, 2.24) is 5.32 Å². The van der Waals surface area contributed by atoms with E-state index in [4.69, 9.17) is 5.73 Å². The third kappa shape index (κ3) is 3.28. The monoisotopic (exact) mass is 288 g/mol. The molecule has 16 heavy (non-hydrogen) atoms. The number of nitrogens with two attached hydrogens (primary N) is 1. The van der Waals surface area contributed by atoms with E-state index in [1.54, 1.807) is 6.07 Å². The molecule has 0 bridgehead atoms. The van der Waals surface area contributed by atoms with Crippen molar-refractivity contribution in [1.29, 1.82) is 0 Å². The van der Waals surface area contributed by atoms with Gasteiger partial charge in [0.15, 0.2) is 0 Å². The van der Waals surface area contributed by atoms with Crippen LogP contribution in [0.4, 0.5) is 4.39 Å². The van der Waals surface area contributed by atoms with Crippen molar-refractivity contribution in [3.05, 3.63) is 34.1 Å². The average Bonchev–Trinajstić information content (AvgIpc) is 2.29. The lowest BCUT2D eigenvalue weighted by atomic mass is 10.2. The molecule has 0 aromatic heterocycles. The molecular formula is C11H14BrFN2O. The summed E-state index contributed by atoms with van der Waals surface area (Å²) in [5, 5.41) is 2.66. The van der Waals surface area contributed by atoms with Gasteiger partial charge in [-0.3, -0.25) is 4.79 Å². The van der Waals surface area contributed by atoms with Gasteiger partial charge in [0, 0.05) is 12.6 Å². The molecule has 0 radical (unpaired) electrons. The first-order chi connectivity index (χ1) is 7.56. The van der Waals surface area contributed by atoms with Gasteiger partial charge in [0.25, 0.3) is 5.91 Å². The zero-order valence-corrected chi connectivity index (χ0v) is 10.6. The number of amides is 1. The van der Waals surface area contributed by atoms with Gasteiger partial charge in [-0.25, -0.2) is 4.39 Å². The first-order valence-electron chi connectivity index (χ1n) is 5.04. The highest BCUT2D eigenvalue weighted by Gasteiger charge is 2.13. The predicted octanol–water partition coefficient (Wildman–Crippen LogP) is 2.06. The summed E-state index contributed by atoms with van der Waals surface area (Å²) in [6, 6.07) is 4.27. The third-order valence-corrected chi connectivity index (χ3v) is 3.05. The molecule has 0 saturated heterocycles. The fourth-order valence-electron chi connectivity index (χ4n) is 1.14. The Labute approximate surface area is 102 Å². The quantitative estimate of drug-likeness (QED) is 0.891. The molecule has 0 aliphatic rings. The molecule has 3 nitrogen and oxygen atoms in total. The Morgan fingerprint density at radius 1 is 1.62 bits per heavy atom. The van der Waals surface area contributed by atoms with Gasteiger partial charge >= 0.3 is 0 Å². The number of hydrogen-bond donors (Lipinski definition) is 2. The van der Waals surface area contributed by atoms with Gasteiger partial charge in [0.1, 0.15) is 5.82 Å². The van der Waals surface area contributed by atoms with Crippen LogP contribution in [0.5, 0.6) is 0 Å². The largest absolute Gasteiger partial charge is 0.350 e. The first kappa shape index (κ1) is 13.1. The van der Waals surface area contributed by atoms with Crippen LogP contribution >= 0.6 is 15.9 Å². The number of rotatable bonds is 4. The van der Waals surface area contributed by atoms with E-state index in [2.05, 4.69) is 21.2 Å². The molecule has 3 N–H and O–H groups in total. The highest BCUT2D eigenvalue weighted by atomic mass is 79.9. The van der Waals surface area contributed by atoms with Gasteiger partial charge in [0.2, 0.25) is 0 Å². The minimum Gasteiger partial charge on any atom is -0.350 e. The van der Waals surface area contributed by atoms with Crippen LogP contribution in [0.25, 0.3) is 0 Å². The van der Waals surface area contributed by atoms with Crippen molar-refractivity contribution >= 4 is 21.8 Å². The number of nitrogens with one attached hydrogen (secondary N) is 1. The van der Waals surface area contributed by atoms with Crippen LogP contribution < -0.4 is 11.1 Å². The van der Waals surface area contributed by atoms with Crippen LogP contribution in [-0.4, -0.2) is 18.5 Å². The Bertz CT molecular complexity index is 384. The minimum atomic E-state index is -0.451. The third-order valence-electron chi connectivity index (χ3n) is 2.25. The fraction of sp³-hybridized carbons (Fsp3) is 0.364. The maximum Gasteiger partial charge on any atom is 0.252 e. The molecule has 1 amide bonds. The summed E-state index contributed by atoms with van der Waals surface area (Å²) in [6.45, 7) is 2.33. The van der Waals surface area contributed by atoms with Gasteiger partial charge in [-0.05, 0) is 34.5 Å². The van der Waals surface area contributed by atoms with E-state index < -0.39 is 5.82 Å². The summed E-state index contributed by atoms with van der Waals surface area (Å²) >= 11 is 3.04. The van der Waals surface area contributed by atoms with Crippen molar-refractivity contribution in [2.45, 2.75) is 19.4 Å². The van der Waals surface area contributed by atoms with Crippen molar-refractivity contribution in [2.24, 2.45) is 5.73 Å². The normalized spacial score (nSPS) is 12.2. The molecule has 1 unspecified atom stereocenters. The molecule has 0 heterocycles. The Hall–Kier alpha value is -0.940. The van der Waals surface area contributed by atoms with E-state index in [9.17, 15) is 9.18 Å². The molecule has 5 heteroatoms. The second-order valence-electron chi connectivity index (χ2n) is 3.48. The topological polar surface area (TPSA) is 55.1 Å². The standard InChI is InChI=1S/C11H14BrFN2O/c1-2-7(14)6-15-11(16)8-4-3-5-9(13)10(8)12/h3-5,7H,2,6,14H2,1H3,(H,15,16). The van der Waals surface area contributed by atoms with Gasteiger partial charge in [0.05, 0.1) is 10.0 Å². The van der Waals surface area contributed by atoms with Crippen molar-refractivity contribution < 1.29 is 9.18 Å². The lowest BCUT2D eigenvalue weighted by Crippen LogP contribution is -2.36. The molecule has 0 aliphatic carbocycles. The summed E-state index contributed by atoms with van der Waals surface area (Å²) in [4.78, 5) is 11.7. The van der Waals surface area contributed by atoms with Crippen LogP contribution in [-0.2, 0) is 0 Å². The van der Waals surface area contributed by atoms with Crippen LogP contribution in [0, 0.1) is 5.82 Å². The van der Waals surface area contributed by atoms with Crippen molar-refractivity contribution in [3.8, 4) is 0 Å². The summed E-state index contributed by atoms with van der Waals surface area (Å²) < 4.78 is 13.3. The van der Waals surface area contributed by atoms with Crippen LogP contribution in [0.3, 0.4) is 0 Å². The second-order valence-corrected chi connectivity index (χ2v) is 4.27. The smallest absolute Gasteiger partial charge is 0.252 e. The van der Waals surface area contributed by atoms with E-state index in [-0.39, 0.29) is 22.0 Å². The lowest BCUT2D eigenvalue weighted by Gasteiger charge is -2.11. The summed E-state index contributed by atoms with van der Waals surface area (Å²) in [5.41, 5.74) is 5.95. The van der Waals surface area contributed by atoms with Crippen molar-refractivity contribution in [2.75, 3.05) is 6.54 Å². The number of carbonyl (C=O) groups excluding carboxylic acids is 1. The Morgan fingerprint density at radius 3 is 2.94 bits per heavy atom. The van der Waals surface area contributed by atoms with Crippen LogP contribution in [0.1, 0.15) is 23.7 Å². The SMILES string of the molecule is CCC(N)CNC(=O)c1cccc(F)c1Br. The van der Waals surface area contributed by atoms with E-state index in [1.165, 1.54) is 12.1 Å². The molecule has 1 aromatic carbocycles. The first-order valence-corrected chi connectivity index (χ1v) is 5.83. The fourth-order valence-corrected chi connectivity index (χ4v) is 1.59. The lowest BCUT2D eigenvalue weighted by molar-refractivity contribution is 0.0949. The molecule has 88 valence electrons. The Kier molecular flexibility index (Phi) is 4.89. The zero-order chi connectivity index (χ0) is 12.1. The summed E-state index contributed by atoms with van der Waals surface area (Å²) in [6.07, 6.45) is 0.782. The molecule has 0 aliphatic heterocycles. The highest BCUT2D eigenvalue weighted by Crippen LogP contribution is 2.20. The summed E-state index contributed by atoms with van der Waals surface area (Å²) in [7, 11) is 0. The number of halogens is 2. The number of carbonyl (C=O) groups is 1. The van der Waals surface area contributed by atoms with E-state index in [0.717, 1.165) is 6.42 Å². The second kappa shape index (κ2) is 5.96. The Balaban J connectivity index is 2.70. The molecule has 1 rings (SSSR count). The van der Waals surface area contributed by atoms with E-state index >= 15 is 0 Å². The van der Waals surface area contributed by atoms with Crippen LogP contribution in [0.2, 0.25) is 0 Å². The van der Waals surface area contributed by atoms with Gasteiger partial charge in [-0.1, -0.05) is 13.0 Å². The zero-order valence-electron chi connectivity index (χ0n) is 8.97. The maximum absolute atomic E-state index is 13.2. The average molecular weight is 289 g/mol. The Morgan fingerprint density at radius 2 is 2.31 bits per heavy atom. The van der Waals surface area contributed by atoms with Gasteiger partial charge < -0.3 is 11.1 Å². The molecular weight excluding hydrogens is 275 g/mol. The van der Waals surface area contributed by atoms with Gasteiger partial charge in [-0.15, -0.1) is 0 Å².